The molecule has 0 saturated carbocycles. The Hall–Kier alpha value is -3.19. The van der Waals surface area contributed by atoms with E-state index in [-0.39, 0.29) is 38.7 Å². The fourth-order valence-electron chi connectivity index (χ4n) is 4.21. The normalized spacial score (nSPS) is 19.4. The third kappa shape index (κ3) is 6.74. The van der Waals surface area contributed by atoms with Crippen LogP contribution in [0.25, 0.3) is 0 Å². The summed E-state index contributed by atoms with van der Waals surface area (Å²) in [5, 5.41) is 0.244. The molecular formula is C33H44N2O4S. The van der Waals surface area contributed by atoms with Crippen molar-refractivity contribution in [3.63, 3.8) is 0 Å². The largest absolute Gasteiger partial charge is 0.465 e. The Labute approximate surface area is 245 Å². The maximum Gasteiger partial charge on any atom is 0.266 e. The van der Waals surface area contributed by atoms with E-state index in [2.05, 4.69) is 53.7 Å². The van der Waals surface area contributed by atoms with Crippen molar-refractivity contribution in [2.45, 2.75) is 76.2 Å². The van der Waals surface area contributed by atoms with Crippen LogP contribution in [0.1, 0.15) is 76.2 Å². The average Bonchev–Trinajstić information content (AvgIpc) is 2.83. The number of allylic oxidation sites excluding steroid dienone is 12. The molecule has 3 heterocycles. The summed E-state index contributed by atoms with van der Waals surface area (Å²) in [5.74, 6) is 2.26. The van der Waals surface area contributed by atoms with Gasteiger partial charge in [0.15, 0.2) is 5.11 Å². The average molecular weight is 565 g/mol. The highest BCUT2D eigenvalue weighted by Gasteiger charge is 2.40. The number of carbonyl (C=O) groups is 2. The molecule has 2 amide bonds. The molecule has 3 aliphatic rings. The van der Waals surface area contributed by atoms with Gasteiger partial charge in [-0.3, -0.25) is 19.4 Å². The van der Waals surface area contributed by atoms with E-state index in [0.29, 0.717) is 30.2 Å². The number of hydrogen-bond donors (Lipinski definition) is 0. The molecule has 0 radical (unpaired) electrons. The highest BCUT2D eigenvalue weighted by Crippen LogP contribution is 2.39. The van der Waals surface area contributed by atoms with E-state index in [9.17, 15) is 9.59 Å². The molecule has 0 atom stereocenters. The highest BCUT2D eigenvalue weighted by molar-refractivity contribution is 7.80. The van der Waals surface area contributed by atoms with Crippen LogP contribution in [0.3, 0.4) is 0 Å². The Bertz CT molecular complexity index is 1260. The number of nitrogens with zero attached hydrogens (tertiary/aromatic N) is 2. The highest BCUT2D eigenvalue weighted by atomic mass is 32.1. The van der Waals surface area contributed by atoms with Gasteiger partial charge in [-0.05, 0) is 67.6 Å². The zero-order valence-corrected chi connectivity index (χ0v) is 26.7. The summed E-state index contributed by atoms with van der Waals surface area (Å²) >= 11 is 5.44. The van der Waals surface area contributed by atoms with Crippen LogP contribution in [0.4, 0.5) is 0 Å². The number of ether oxygens (including phenoxy) is 2. The van der Waals surface area contributed by atoms with E-state index in [1.165, 1.54) is 9.80 Å². The summed E-state index contributed by atoms with van der Waals surface area (Å²) < 4.78 is 12.5. The predicted molar refractivity (Wildman–Crippen MR) is 164 cm³/mol. The maximum atomic E-state index is 13.4. The third-order valence-electron chi connectivity index (χ3n) is 6.70. The minimum absolute atomic E-state index is 0.103. The molecule has 0 aliphatic carbocycles. The molecule has 0 N–H and O–H groups in total. The van der Waals surface area contributed by atoms with Gasteiger partial charge >= 0.3 is 0 Å². The standard InChI is InChI=1S/C33H44N2O4S/c1-12-34-28(36)27(29(37)35(13-2)30(34)40)22-19-23(38-26(20-22)33(9,10)11)16-14-15-21-17-24(31(3,4)5)39-25(18-21)32(6,7)8/h14-20H,12-13H2,1-11H3/b16-14+. The molecule has 216 valence electrons. The van der Waals surface area contributed by atoms with Gasteiger partial charge in [-0.2, -0.15) is 0 Å². The summed E-state index contributed by atoms with van der Waals surface area (Å²) in [6.45, 7) is 23.4. The van der Waals surface area contributed by atoms with Gasteiger partial charge in [0, 0.05) is 29.3 Å². The lowest BCUT2D eigenvalue weighted by molar-refractivity contribution is -0.133. The topological polar surface area (TPSA) is 59.1 Å². The van der Waals surface area contributed by atoms with Gasteiger partial charge in [0.25, 0.3) is 11.8 Å². The van der Waals surface area contributed by atoms with Crippen LogP contribution in [-0.2, 0) is 19.1 Å². The molecule has 6 nitrogen and oxygen atoms in total. The monoisotopic (exact) mass is 564 g/mol. The first-order valence-corrected chi connectivity index (χ1v) is 14.3. The molecule has 3 aliphatic heterocycles. The minimum atomic E-state index is -0.382. The maximum absolute atomic E-state index is 13.4. The van der Waals surface area contributed by atoms with Crippen molar-refractivity contribution in [2.24, 2.45) is 16.2 Å². The van der Waals surface area contributed by atoms with Crippen LogP contribution in [0.15, 0.2) is 82.3 Å². The molecule has 0 spiro atoms. The smallest absolute Gasteiger partial charge is 0.266 e. The van der Waals surface area contributed by atoms with Crippen molar-refractivity contribution in [1.82, 2.24) is 9.80 Å². The van der Waals surface area contributed by atoms with Crippen molar-refractivity contribution in [3.8, 4) is 0 Å². The van der Waals surface area contributed by atoms with Crippen LogP contribution < -0.4 is 0 Å². The number of amides is 2. The van der Waals surface area contributed by atoms with Gasteiger partial charge in [-0.15, -0.1) is 0 Å². The molecule has 1 fully saturated rings. The summed E-state index contributed by atoms with van der Waals surface area (Å²) in [7, 11) is 0. The van der Waals surface area contributed by atoms with Gasteiger partial charge in [-0.1, -0.05) is 74.5 Å². The lowest BCUT2D eigenvalue weighted by Gasteiger charge is -2.36. The molecule has 0 bridgehead atoms. The molecule has 40 heavy (non-hydrogen) atoms. The Balaban J connectivity index is 2.10. The molecule has 0 aromatic carbocycles. The number of rotatable bonds is 4. The van der Waals surface area contributed by atoms with Crippen molar-refractivity contribution >= 4 is 29.1 Å². The van der Waals surface area contributed by atoms with Gasteiger partial charge < -0.3 is 9.47 Å². The first-order chi connectivity index (χ1) is 18.4. The van der Waals surface area contributed by atoms with Crippen LogP contribution in [-0.4, -0.2) is 39.8 Å². The number of likely N-dealkylation sites (N-methyl/N-ethyl adjacent to an activating group) is 2. The second-order valence-electron chi connectivity index (χ2n) is 13.3. The Morgan fingerprint density at radius 3 is 1.60 bits per heavy atom. The van der Waals surface area contributed by atoms with E-state index < -0.39 is 0 Å². The SMILES string of the molecule is CCN1C(=O)C(=C2C=C(/C=C/C=C3C=C(C(C)(C)C)OC(C(C)(C)C)=C3)OC(C(C)(C)C)=C2)C(=O)N(CC)C1=S. The molecule has 7 heteroatoms. The van der Waals surface area contributed by atoms with Crippen LogP contribution in [0.5, 0.6) is 0 Å². The molecule has 3 rings (SSSR count). The van der Waals surface area contributed by atoms with E-state index >= 15 is 0 Å². The molecule has 0 aromatic rings. The first kappa shape index (κ1) is 31.3. The number of carbonyl (C=O) groups excluding carboxylic acids is 2. The van der Waals surface area contributed by atoms with E-state index in [4.69, 9.17) is 21.7 Å². The van der Waals surface area contributed by atoms with Gasteiger partial charge in [0.1, 0.15) is 28.6 Å². The zero-order chi connectivity index (χ0) is 30.2. The third-order valence-corrected chi connectivity index (χ3v) is 7.14. The zero-order valence-electron chi connectivity index (χ0n) is 25.9. The van der Waals surface area contributed by atoms with Crippen molar-refractivity contribution < 1.29 is 19.1 Å². The Morgan fingerprint density at radius 2 is 1.18 bits per heavy atom. The lowest BCUT2D eigenvalue weighted by atomic mass is 9.87. The second-order valence-corrected chi connectivity index (χ2v) is 13.6. The second kappa shape index (κ2) is 11.4. The van der Waals surface area contributed by atoms with E-state index in [1.807, 2.05) is 52.8 Å². The number of hydrogen-bond acceptors (Lipinski definition) is 5. The van der Waals surface area contributed by atoms with E-state index in [0.717, 1.165) is 17.1 Å². The summed E-state index contributed by atoms with van der Waals surface area (Å²) in [4.78, 5) is 29.8. The molecule has 0 aromatic heterocycles. The Kier molecular flexibility index (Phi) is 8.90. The Morgan fingerprint density at radius 1 is 0.725 bits per heavy atom. The van der Waals surface area contributed by atoms with Crippen LogP contribution in [0.2, 0.25) is 0 Å². The van der Waals surface area contributed by atoms with Crippen LogP contribution >= 0.6 is 12.2 Å². The lowest BCUT2D eigenvalue weighted by Crippen LogP contribution is -2.56. The predicted octanol–water partition coefficient (Wildman–Crippen LogP) is 7.50. The van der Waals surface area contributed by atoms with Gasteiger partial charge in [0.05, 0.1) is 0 Å². The quantitative estimate of drug-likeness (QED) is 0.201. The minimum Gasteiger partial charge on any atom is -0.465 e. The summed E-state index contributed by atoms with van der Waals surface area (Å²) in [6, 6.07) is 0. The molecular weight excluding hydrogens is 520 g/mol. The first-order valence-electron chi connectivity index (χ1n) is 13.9. The van der Waals surface area contributed by atoms with E-state index in [1.54, 1.807) is 12.2 Å². The fourth-order valence-corrected chi connectivity index (χ4v) is 4.64. The van der Waals surface area contributed by atoms with Crippen LogP contribution in [0, 0.1) is 16.2 Å². The summed E-state index contributed by atoms with van der Waals surface area (Å²) in [5.41, 5.74) is 1.01. The molecule has 0 unspecified atom stereocenters. The number of thiocarbonyl (C=S) groups is 1. The van der Waals surface area contributed by atoms with Crippen molar-refractivity contribution in [3.05, 3.63) is 82.3 Å². The van der Waals surface area contributed by atoms with Gasteiger partial charge in [0.2, 0.25) is 0 Å². The fraction of sp³-hybridized carbons (Fsp3) is 0.485. The van der Waals surface area contributed by atoms with Gasteiger partial charge in [-0.25, -0.2) is 0 Å². The van der Waals surface area contributed by atoms with Crippen molar-refractivity contribution in [1.29, 1.82) is 0 Å². The van der Waals surface area contributed by atoms with Crippen molar-refractivity contribution in [2.75, 3.05) is 13.1 Å². The molecule has 1 saturated heterocycles. The summed E-state index contributed by atoms with van der Waals surface area (Å²) in [6.07, 6.45) is 13.5.